The van der Waals surface area contributed by atoms with Crippen molar-refractivity contribution < 1.29 is 14.0 Å². The molecule has 1 atom stereocenters. The molecule has 2 aromatic rings. The van der Waals surface area contributed by atoms with Gasteiger partial charge in [0.05, 0.1) is 17.5 Å². The van der Waals surface area contributed by atoms with E-state index in [9.17, 15) is 14.0 Å². The van der Waals surface area contributed by atoms with Crippen molar-refractivity contribution >= 4 is 29.1 Å². The van der Waals surface area contributed by atoms with Crippen molar-refractivity contribution in [3.63, 3.8) is 0 Å². The minimum atomic E-state index is -0.551. The van der Waals surface area contributed by atoms with Gasteiger partial charge in [-0.25, -0.2) is 4.39 Å². The number of carbonyl (C=O) groups excluding carboxylic acids is 2. The second kappa shape index (κ2) is 7.74. The summed E-state index contributed by atoms with van der Waals surface area (Å²) in [6, 6.07) is 12.7. The van der Waals surface area contributed by atoms with Gasteiger partial charge in [-0.15, -0.1) is 0 Å². The van der Waals surface area contributed by atoms with Gasteiger partial charge in [-0.05, 0) is 23.8 Å². The zero-order chi connectivity index (χ0) is 16.8. The van der Waals surface area contributed by atoms with Gasteiger partial charge in [0, 0.05) is 12.6 Å². The first-order chi connectivity index (χ1) is 11.0. The van der Waals surface area contributed by atoms with Crippen LogP contribution in [0.4, 0.5) is 10.1 Å². The van der Waals surface area contributed by atoms with E-state index in [1.807, 2.05) is 30.3 Å². The van der Waals surface area contributed by atoms with Gasteiger partial charge >= 0.3 is 0 Å². The highest BCUT2D eigenvalue weighted by Crippen LogP contribution is 2.21. The van der Waals surface area contributed by atoms with Crippen LogP contribution in [0.3, 0.4) is 0 Å². The molecule has 6 heteroatoms. The smallest absolute Gasteiger partial charge is 0.226 e. The molecule has 0 heterocycles. The highest BCUT2D eigenvalue weighted by atomic mass is 35.5. The molecule has 0 aliphatic carbocycles. The van der Waals surface area contributed by atoms with E-state index in [4.69, 9.17) is 11.6 Å². The van der Waals surface area contributed by atoms with E-state index in [1.54, 1.807) is 0 Å². The largest absolute Gasteiger partial charge is 0.349 e. The quantitative estimate of drug-likeness (QED) is 0.876. The van der Waals surface area contributed by atoms with Crippen molar-refractivity contribution in [1.82, 2.24) is 5.32 Å². The molecule has 0 radical (unpaired) electrons. The van der Waals surface area contributed by atoms with Crippen LogP contribution < -0.4 is 10.6 Å². The van der Waals surface area contributed by atoms with E-state index in [0.29, 0.717) is 5.69 Å². The maximum Gasteiger partial charge on any atom is 0.226 e. The summed E-state index contributed by atoms with van der Waals surface area (Å²) in [7, 11) is 0. The van der Waals surface area contributed by atoms with E-state index < -0.39 is 11.9 Å². The van der Waals surface area contributed by atoms with Gasteiger partial charge in [0.15, 0.2) is 0 Å². The molecule has 2 rings (SSSR count). The predicted molar refractivity (Wildman–Crippen MR) is 87.7 cm³/mol. The lowest BCUT2D eigenvalue weighted by atomic mass is 10.0. The molecule has 0 bridgehead atoms. The van der Waals surface area contributed by atoms with Crippen molar-refractivity contribution in [2.45, 2.75) is 19.4 Å². The summed E-state index contributed by atoms with van der Waals surface area (Å²) in [5, 5.41) is 5.32. The van der Waals surface area contributed by atoms with Crippen molar-refractivity contribution in [3.8, 4) is 0 Å². The molecule has 2 aromatic carbocycles. The van der Waals surface area contributed by atoms with Crippen LogP contribution in [0.5, 0.6) is 0 Å². The molecule has 0 spiro atoms. The summed E-state index contributed by atoms with van der Waals surface area (Å²) in [6.07, 6.45) is 0.0542. The van der Waals surface area contributed by atoms with Crippen LogP contribution in [0.1, 0.15) is 24.9 Å². The van der Waals surface area contributed by atoms with Crippen molar-refractivity contribution in [2.24, 2.45) is 0 Å². The first-order valence-corrected chi connectivity index (χ1v) is 7.40. The van der Waals surface area contributed by atoms with Crippen molar-refractivity contribution in [2.75, 3.05) is 5.32 Å². The number of halogens is 2. The number of nitrogens with one attached hydrogen (secondary N) is 2. The van der Waals surface area contributed by atoms with E-state index in [1.165, 1.54) is 25.1 Å². The number of hydrogen-bond acceptors (Lipinski definition) is 2. The third kappa shape index (κ3) is 5.07. The summed E-state index contributed by atoms with van der Waals surface area (Å²) in [5.41, 5.74) is 1.23. The number of rotatable bonds is 5. The topological polar surface area (TPSA) is 58.2 Å². The number of hydrogen-bond donors (Lipinski definition) is 2. The van der Waals surface area contributed by atoms with Gasteiger partial charge in [0.25, 0.3) is 0 Å². The second-order valence-corrected chi connectivity index (χ2v) is 5.45. The van der Waals surface area contributed by atoms with E-state index in [0.717, 1.165) is 5.56 Å². The molecular formula is C17H16ClFN2O2. The van der Waals surface area contributed by atoms with Gasteiger partial charge in [-0.1, -0.05) is 41.9 Å². The standard InChI is InChI=1S/C17H16ClFN2O2/c1-11(22)20-16(12-5-3-2-4-6-12)10-17(23)21-13-7-8-15(19)14(18)9-13/h2-9,16H,10H2,1H3,(H,20,22)(H,21,23)/t16-/m1/s1. The molecule has 0 aromatic heterocycles. The van der Waals surface area contributed by atoms with Crippen molar-refractivity contribution in [3.05, 3.63) is 64.9 Å². The fourth-order valence-corrected chi connectivity index (χ4v) is 2.33. The molecule has 0 saturated heterocycles. The predicted octanol–water partition coefficient (Wildman–Crippen LogP) is 3.69. The monoisotopic (exact) mass is 334 g/mol. The minimum absolute atomic E-state index is 0.0542. The van der Waals surface area contributed by atoms with Crippen LogP contribution >= 0.6 is 11.6 Å². The van der Waals surface area contributed by atoms with Gasteiger partial charge in [-0.2, -0.15) is 0 Å². The molecule has 2 amide bonds. The normalized spacial score (nSPS) is 11.6. The lowest BCUT2D eigenvalue weighted by Crippen LogP contribution is -2.29. The number of anilines is 1. The average molecular weight is 335 g/mol. The Morgan fingerprint density at radius 3 is 2.48 bits per heavy atom. The lowest BCUT2D eigenvalue weighted by Gasteiger charge is -2.18. The van der Waals surface area contributed by atoms with Gasteiger partial charge in [0.2, 0.25) is 11.8 Å². The fraction of sp³-hybridized carbons (Fsp3) is 0.176. The zero-order valence-corrected chi connectivity index (χ0v) is 13.2. The van der Waals surface area contributed by atoms with Gasteiger partial charge in [0.1, 0.15) is 5.82 Å². The number of amides is 2. The summed E-state index contributed by atoms with van der Waals surface area (Å²) in [5.74, 6) is -1.09. The Kier molecular flexibility index (Phi) is 5.71. The Labute approximate surface area is 138 Å². The number of carbonyl (C=O) groups is 2. The molecule has 0 aliphatic rings. The minimum Gasteiger partial charge on any atom is -0.349 e. The molecule has 0 unspecified atom stereocenters. The maximum atomic E-state index is 13.1. The summed E-state index contributed by atoms with van der Waals surface area (Å²) >= 11 is 5.68. The molecule has 23 heavy (non-hydrogen) atoms. The van der Waals surface area contributed by atoms with E-state index >= 15 is 0 Å². The summed E-state index contributed by atoms with van der Waals surface area (Å²) < 4.78 is 13.1. The molecule has 2 N–H and O–H groups in total. The summed E-state index contributed by atoms with van der Waals surface area (Å²) in [6.45, 7) is 1.40. The highest BCUT2D eigenvalue weighted by molar-refractivity contribution is 6.31. The van der Waals surface area contributed by atoms with Gasteiger partial charge in [-0.3, -0.25) is 9.59 Å². The third-order valence-electron chi connectivity index (χ3n) is 3.17. The average Bonchev–Trinajstić information content (AvgIpc) is 2.51. The van der Waals surface area contributed by atoms with Crippen LogP contribution in [0, 0.1) is 5.82 Å². The van der Waals surface area contributed by atoms with Crippen LogP contribution in [0.25, 0.3) is 0 Å². The van der Waals surface area contributed by atoms with Crippen LogP contribution in [0.15, 0.2) is 48.5 Å². The van der Waals surface area contributed by atoms with Crippen LogP contribution in [-0.4, -0.2) is 11.8 Å². The summed E-state index contributed by atoms with van der Waals surface area (Å²) in [4.78, 5) is 23.5. The Morgan fingerprint density at radius 1 is 1.17 bits per heavy atom. The second-order valence-electron chi connectivity index (χ2n) is 5.04. The fourth-order valence-electron chi connectivity index (χ4n) is 2.15. The Morgan fingerprint density at radius 2 is 1.87 bits per heavy atom. The molecule has 0 aliphatic heterocycles. The molecule has 0 fully saturated rings. The first kappa shape index (κ1) is 17.0. The van der Waals surface area contributed by atoms with E-state index in [-0.39, 0.29) is 23.3 Å². The number of benzene rings is 2. The molecule has 120 valence electrons. The molecule has 4 nitrogen and oxygen atoms in total. The van der Waals surface area contributed by atoms with Crippen LogP contribution in [-0.2, 0) is 9.59 Å². The highest BCUT2D eigenvalue weighted by Gasteiger charge is 2.17. The molecule has 0 saturated carbocycles. The van der Waals surface area contributed by atoms with Crippen LogP contribution in [0.2, 0.25) is 5.02 Å². The van der Waals surface area contributed by atoms with Crippen molar-refractivity contribution in [1.29, 1.82) is 0 Å². The SMILES string of the molecule is CC(=O)N[C@H](CC(=O)Nc1ccc(F)c(Cl)c1)c1ccccc1. The Hall–Kier alpha value is -2.40. The zero-order valence-electron chi connectivity index (χ0n) is 12.5. The first-order valence-electron chi connectivity index (χ1n) is 7.02. The Balaban J connectivity index is 2.08. The van der Waals surface area contributed by atoms with Gasteiger partial charge < -0.3 is 10.6 Å². The Bertz CT molecular complexity index is 707. The third-order valence-corrected chi connectivity index (χ3v) is 3.46. The molecular weight excluding hydrogens is 319 g/mol. The van der Waals surface area contributed by atoms with E-state index in [2.05, 4.69) is 10.6 Å². The lowest BCUT2D eigenvalue weighted by molar-refractivity contribution is -0.120. The maximum absolute atomic E-state index is 13.1.